The van der Waals surface area contributed by atoms with Crippen molar-refractivity contribution in [2.45, 2.75) is 24.4 Å². The molecule has 1 fully saturated rings. The van der Waals surface area contributed by atoms with Crippen molar-refractivity contribution in [3.8, 4) is 22.8 Å². The molecule has 2 heterocycles. The monoisotopic (exact) mass is 493 g/mol. The van der Waals surface area contributed by atoms with E-state index in [9.17, 15) is 29.4 Å². The molecule has 9 nitrogen and oxygen atoms in total. The number of hydrogen-bond acceptors (Lipinski definition) is 7. The standard InChI is InChI=1S/C21H22BClNO8P/c1-24-7-6-11(19(21(24)22)32-33(28,29)30)17-13(25)8-14(26)18-15(27)9-16(31-20(17)18)10-4-2-3-5-12(10)23/h2-5,8-9,11,19,21,25-26H,6-7,22H2,1H3,(H2,28,29,30). The van der Waals surface area contributed by atoms with Gasteiger partial charge >= 0.3 is 7.82 Å². The Labute approximate surface area is 194 Å². The summed E-state index contributed by atoms with van der Waals surface area (Å²) in [7, 11) is -1.34. The number of phenolic OH excluding ortho intramolecular Hbond substituents is 2. The fourth-order valence-corrected chi connectivity index (χ4v) is 5.27. The van der Waals surface area contributed by atoms with Crippen molar-refractivity contribution in [1.29, 1.82) is 0 Å². The molecule has 3 aromatic rings. The summed E-state index contributed by atoms with van der Waals surface area (Å²) in [6.07, 6.45) is -0.684. The molecule has 2 aromatic carbocycles. The highest BCUT2D eigenvalue weighted by atomic mass is 35.5. The van der Waals surface area contributed by atoms with Gasteiger partial charge in [-0.1, -0.05) is 23.7 Å². The van der Waals surface area contributed by atoms with Gasteiger partial charge in [0.1, 0.15) is 36.1 Å². The summed E-state index contributed by atoms with van der Waals surface area (Å²) < 4.78 is 22.9. The molecule has 0 bridgehead atoms. The summed E-state index contributed by atoms with van der Waals surface area (Å²) in [6, 6.07) is 8.95. The van der Waals surface area contributed by atoms with E-state index in [0.29, 0.717) is 23.6 Å². The van der Waals surface area contributed by atoms with E-state index in [2.05, 4.69) is 0 Å². The zero-order valence-electron chi connectivity index (χ0n) is 17.8. The molecular formula is C21H22BClNO8P. The molecule has 0 saturated carbocycles. The maximum absolute atomic E-state index is 13.0. The van der Waals surface area contributed by atoms with E-state index >= 15 is 0 Å². The average molecular weight is 494 g/mol. The highest BCUT2D eigenvalue weighted by molar-refractivity contribution is 7.46. The minimum atomic E-state index is -4.88. The maximum atomic E-state index is 13.0. The highest BCUT2D eigenvalue weighted by Gasteiger charge is 2.42. The summed E-state index contributed by atoms with van der Waals surface area (Å²) in [5.41, 5.74) is -0.0757. The lowest BCUT2D eigenvalue weighted by Crippen LogP contribution is -2.51. The smallest absolute Gasteiger partial charge is 0.469 e. The molecule has 12 heteroatoms. The molecule has 4 rings (SSSR count). The van der Waals surface area contributed by atoms with Crippen molar-refractivity contribution >= 4 is 38.2 Å². The van der Waals surface area contributed by atoms with Crippen LogP contribution in [0.25, 0.3) is 22.3 Å². The van der Waals surface area contributed by atoms with Crippen LogP contribution in [0.15, 0.2) is 45.6 Å². The Morgan fingerprint density at radius 2 is 1.91 bits per heavy atom. The second kappa shape index (κ2) is 8.79. The summed E-state index contributed by atoms with van der Waals surface area (Å²) in [5, 5.41) is 21.4. The molecule has 1 aliphatic heterocycles. The SMILES string of the molecule is BC1C(OP(=O)(O)O)C(c2c(O)cc(O)c3c(=O)cc(-c4ccccc4Cl)oc23)CCN1C. The van der Waals surface area contributed by atoms with E-state index in [4.69, 9.17) is 20.5 Å². The van der Waals surface area contributed by atoms with Gasteiger partial charge in [0.15, 0.2) is 5.43 Å². The summed E-state index contributed by atoms with van der Waals surface area (Å²) in [4.78, 5) is 33.9. The highest BCUT2D eigenvalue weighted by Crippen LogP contribution is 2.49. The van der Waals surface area contributed by atoms with Crippen LogP contribution in [0.2, 0.25) is 5.02 Å². The predicted molar refractivity (Wildman–Crippen MR) is 125 cm³/mol. The van der Waals surface area contributed by atoms with Gasteiger partial charge in [-0.05, 0) is 32.1 Å². The Bertz CT molecular complexity index is 1330. The lowest BCUT2D eigenvalue weighted by Gasteiger charge is -2.42. The first-order valence-electron chi connectivity index (χ1n) is 10.2. The van der Waals surface area contributed by atoms with E-state index < -0.39 is 37.0 Å². The molecule has 0 amide bonds. The third-order valence-electron chi connectivity index (χ3n) is 6.13. The van der Waals surface area contributed by atoms with Crippen LogP contribution in [0.4, 0.5) is 0 Å². The van der Waals surface area contributed by atoms with Crippen LogP contribution < -0.4 is 5.43 Å². The molecule has 3 atom stereocenters. The van der Waals surface area contributed by atoms with Crippen molar-refractivity contribution in [3.05, 3.63) is 57.2 Å². The molecule has 4 N–H and O–H groups in total. The molecule has 1 saturated heterocycles. The number of nitrogens with zero attached hydrogens (tertiary/aromatic N) is 1. The van der Waals surface area contributed by atoms with E-state index in [1.165, 1.54) is 6.07 Å². The van der Waals surface area contributed by atoms with Crippen molar-refractivity contribution < 1.29 is 33.5 Å². The van der Waals surface area contributed by atoms with Gasteiger partial charge in [0.25, 0.3) is 0 Å². The summed E-state index contributed by atoms with van der Waals surface area (Å²) in [5.74, 6) is -1.90. The molecule has 1 aromatic heterocycles. The molecule has 174 valence electrons. The molecule has 0 spiro atoms. The third-order valence-corrected chi connectivity index (χ3v) is 6.97. The number of halogens is 1. The number of rotatable bonds is 4. The Balaban J connectivity index is 1.99. The quantitative estimate of drug-likeness (QED) is 0.318. The lowest BCUT2D eigenvalue weighted by molar-refractivity contribution is 0.0376. The van der Waals surface area contributed by atoms with Crippen LogP contribution in [-0.2, 0) is 9.09 Å². The minimum Gasteiger partial charge on any atom is -0.507 e. The fourth-order valence-electron chi connectivity index (χ4n) is 4.40. The Hall–Kier alpha value is -2.33. The Morgan fingerprint density at radius 1 is 1.21 bits per heavy atom. The van der Waals surface area contributed by atoms with Gasteiger partial charge in [0.05, 0.1) is 11.1 Å². The number of phenols is 2. The van der Waals surface area contributed by atoms with Gasteiger partial charge in [-0.25, -0.2) is 4.57 Å². The van der Waals surface area contributed by atoms with Crippen molar-refractivity contribution in [2.75, 3.05) is 13.6 Å². The van der Waals surface area contributed by atoms with E-state index in [0.717, 1.165) is 6.07 Å². The first kappa shape index (κ1) is 23.8. The number of likely N-dealkylation sites (N-methyl/N-ethyl adjacent to an activating group) is 1. The second-order valence-electron chi connectivity index (χ2n) is 8.16. The minimum absolute atomic E-state index is 0.0871. The van der Waals surface area contributed by atoms with Crippen LogP contribution in [0.1, 0.15) is 17.9 Å². The number of aromatic hydroxyl groups is 2. The van der Waals surface area contributed by atoms with Crippen LogP contribution in [-0.4, -0.2) is 58.4 Å². The number of benzene rings is 2. The topological polar surface area (TPSA) is 141 Å². The largest absolute Gasteiger partial charge is 0.507 e. The fraction of sp³-hybridized carbons (Fsp3) is 0.286. The zero-order chi connectivity index (χ0) is 24.1. The molecule has 1 aliphatic rings. The Morgan fingerprint density at radius 3 is 2.58 bits per heavy atom. The van der Waals surface area contributed by atoms with Gasteiger partial charge in [0, 0.05) is 35.1 Å². The van der Waals surface area contributed by atoms with Crippen LogP contribution >= 0.6 is 19.4 Å². The Kier molecular flexibility index (Phi) is 6.35. The van der Waals surface area contributed by atoms with E-state index in [-0.39, 0.29) is 28.0 Å². The number of fused-ring (bicyclic) bond motifs is 1. The van der Waals surface area contributed by atoms with Crippen LogP contribution in [0.5, 0.6) is 11.5 Å². The number of phosphoric acid groups is 1. The summed E-state index contributed by atoms with van der Waals surface area (Å²) >= 11 is 6.27. The molecule has 33 heavy (non-hydrogen) atoms. The summed E-state index contributed by atoms with van der Waals surface area (Å²) in [6.45, 7) is 0.531. The maximum Gasteiger partial charge on any atom is 0.469 e. The van der Waals surface area contributed by atoms with Crippen molar-refractivity contribution in [2.24, 2.45) is 0 Å². The van der Waals surface area contributed by atoms with Crippen molar-refractivity contribution in [3.63, 3.8) is 0 Å². The number of piperidine rings is 1. The van der Waals surface area contributed by atoms with Crippen molar-refractivity contribution in [1.82, 2.24) is 4.90 Å². The number of likely N-dealkylation sites (tertiary alicyclic amines) is 1. The first-order valence-corrected chi connectivity index (χ1v) is 12.1. The lowest BCUT2D eigenvalue weighted by atomic mass is 9.74. The van der Waals surface area contributed by atoms with Gasteiger partial charge in [-0.2, -0.15) is 0 Å². The van der Waals surface area contributed by atoms with Gasteiger partial charge < -0.3 is 29.3 Å². The van der Waals surface area contributed by atoms with Crippen LogP contribution in [0, 0.1) is 0 Å². The van der Waals surface area contributed by atoms with E-state index in [1.54, 1.807) is 39.2 Å². The van der Waals surface area contributed by atoms with Crippen LogP contribution in [0.3, 0.4) is 0 Å². The van der Waals surface area contributed by atoms with Gasteiger partial charge in [0.2, 0.25) is 0 Å². The average Bonchev–Trinajstić information content (AvgIpc) is 2.71. The molecule has 3 unspecified atom stereocenters. The third kappa shape index (κ3) is 4.55. The van der Waals surface area contributed by atoms with Gasteiger partial charge in [-0.3, -0.25) is 9.32 Å². The normalized spacial score (nSPS) is 22.0. The zero-order valence-corrected chi connectivity index (χ0v) is 19.5. The van der Waals surface area contributed by atoms with Gasteiger partial charge in [-0.15, -0.1) is 0 Å². The molecule has 0 aliphatic carbocycles. The molecular weight excluding hydrogens is 471 g/mol. The second-order valence-corrected chi connectivity index (χ2v) is 9.76. The first-order chi connectivity index (χ1) is 15.5. The number of hydrogen-bond donors (Lipinski definition) is 4. The number of phosphoric ester groups is 1. The predicted octanol–water partition coefficient (Wildman–Crippen LogP) is 2.38. The van der Waals surface area contributed by atoms with E-state index in [1.807, 2.05) is 4.90 Å². The molecule has 0 radical (unpaired) electrons.